The van der Waals surface area contributed by atoms with Crippen molar-refractivity contribution in [3.05, 3.63) is 33.5 Å². The minimum atomic E-state index is 1.02. The van der Waals surface area contributed by atoms with Gasteiger partial charge in [0.25, 0.3) is 0 Å². The van der Waals surface area contributed by atoms with E-state index in [0.29, 0.717) is 0 Å². The molecule has 0 unspecified atom stereocenters. The number of thiophene rings is 1. The normalized spacial score (nSPS) is 10.1. The molecule has 0 spiro atoms. The van der Waals surface area contributed by atoms with Crippen molar-refractivity contribution in [1.29, 1.82) is 0 Å². The van der Waals surface area contributed by atoms with Crippen LogP contribution in [0.15, 0.2) is 12.7 Å². The second-order valence-corrected chi connectivity index (χ2v) is 4.24. The molecule has 0 radical (unpaired) electrons. The Morgan fingerprint density at radius 1 is 1.27 bits per heavy atom. The fourth-order valence-electron chi connectivity index (χ4n) is 1.29. The van der Waals surface area contributed by atoms with Crippen LogP contribution in [0.4, 0.5) is 0 Å². The van der Waals surface area contributed by atoms with Crippen molar-refractivity contribution in [2.75, 3.05) is 0 Å². The molecule has 0 aliphatic rings. The summed E-state index contributed by atoms with van der Waals surface area (Å²) in [7, 11) is 0. The molecule has 0 bridgehead atoms. The Morgan fingerprint density at radius 2 is 1.91 bits per heavy atom. The summed E-state index contributed by atoms with van der Waals surface area (Å²) in [5.41, 5.74) is 2.93. The first kappa shape index (κ1) is 8.54. The number of hydrogen-bond acceptors (Lipinski definition) is 1. The summed E-state index contributed by atoms with van der Waals surface area (Å²) in [5, 5.41) is 0. The molecule has 0 aromatic carbocycles. The predicted octanol–water partition coefficient (Wildman–Crippen LogP) is 3.40. The van der Waals surface area contributed by atoms with E-state index in [9.17, 15) is 0 Å². The summed E-state index contributed by atoms with van der Waals surface area (Å²) in [4.78, 5) is 2.89. The zero-order valence-electron chi connectivity index (χ0n) is 7.40. The van der Waals surface area contributed by atoms with Gasteiger partial charge in [0.05, 0.1) is 0 Å². The zero-order valence-corrected chi connectivity index (χ0v) is 8.22. The van der Waals surface area contributed by atoms with E-state index < -0.39 is 0 Å². The van der Waals surface area contributed by atoms with E-state index in [-0.39, 0.29) is 0 Å². The summed E-state index contributed by atoms with van der Waals surface area (Å²) in [5.74, 6) is 0. The van der Waals surface area contributed by atoms with Crippen LogP contribution in [0.1, 0.15) is 20.9 Å². The topological polar surface area (TPSA) is 0 Å². The molecule has 0 saturated heterocycles. The van der Waals surface area contributed by atoms with Crippen molar-refractivity contribution >= 4 is 11.3 Å². The van der Waals surface area contributed by atoms with Crippen molar-refractivity contribution in [1.82, 2.24) is 0 Å². The Morgan fingerprint density at radius 3 is 2.27 bits per heavy atom. The van der Waals surface area contributed by atoms with Gasteiger partial charge >= 0.3 is 0 Å². The highest BCUT2D eigenvalue weighted by molar-refractivity contribution is 7.12. The maximum Gasteiger partial charge on any atom is 0.00549 e. The summed E-state index contributed by atoms with van der Waals surface area (Å²) >= 11 is 1.89. The van der Waals surface area contributed by atoms with Gasteiger partial charge < -0.3 is 0 Å². The summed E-state index contributed by atoms with van der Waals surface area (Å²) in [6.45, 7) is 10.3. The van der Waals surface area contributed by atoms with Crippen LogP contribution in [-0.2, 0) is 6.42 Å². The predicted molar refractivity (Wildman–Crippen MR) is 52.4 cm³/mol. The van der Waals surface area contributed by atoms with E-state index >= 15 is 0 Å². The molecule has 1 heteroatoms. The highest BCUT2D eigenvalue weighted by Crippen LogP contribution is 2.26. The largest absolute Gasteiger partial charge is 0.145 e. The van der Waals surface area contributed by atoms with Crippen LogP contribution >= 0.6 is 11.3 Å². The highest BCUT2D eigenvalue weighted by Gasteiger charge is 2.06. The lowest BCUT2D eigenvalue weighted by atomic mass is 10.1. The molecule has 60 valence electrons. The average Bonchev–Trinajstić information content (AvgIpc) is 2.17. The van der Waals surface area contributed by atoms with Crippen molar-refractivity contribution in [2.24, 2.45) is 0 Å². The Bertz CT molecular complexity index is 269. The standard InChI is InChI=1S/C10H14S/c1-5-6-10-7(2)8(3)11-9(10)4/h5H,1,6H2,2-4H3. The van der Waals surface area contributed by atoms with Crippen molar-refractivity contribution in [3.63, 3.8) is 0 Å². The number of allylic oxidation sites excluding steroid dienone is 1. The van der Waals surface area contributed by atoms with Gasteiger partial charge in [0, 0.05) is 9.75 Å². The zero-order chi connectivity index (χ0) is 8.43. The fourth-order valence-corrected chi connectivity index (χ4v) is 2.38. The molecule has 0 aliphatic heterocycles. The molecule has 1 aromatic rings. The number of hydrogen-bond donors (Lipinski definition) is 0. The van der Waals surface area contributed by atoms with E-state index in [1.807, 2.05) is 17.4 Å². The van der Waals surface area contributed by atoms with Crippen molar-refractivity contribution in [2.45, 2.75) is 27.2 Å². The quantitative estimate of drug-likeness (QED) is 0.591. The summed E-state index contributed by atoms with van der Waals surface area (Å²) in [6, 6.07) is 0. The summed E-state index contributed by atoms with van der Waals surface area (Å²) < 4.78 is 0. The maximum absolute atomic E-state index is 3.75. The Hall–Kier alpha value is -0.560. The minimum absolute atomic E-state index is 1.02. The lowest BCUT2D eigenvalue weighted by molar-refractivity contribution is 1.20. The van der Waals surface area contributed by atoms with Crippen LogP contribution in [-0.4, -0.2) is 0 Å². The smallest absolute Gasteiger partial charge is 0.00549 e. The van der Waals surface area contributed by atoms with Gasteiger partial charge in [0.2, 0.25) is 0 Å². The minimum Gasteiger partial charge on any atom is -0.145 e. The van der Waals surface area contributed by atoms with Gasteiger partial charge in [0.1, 0.15) is 0 Å². The van der Waals surface area contributed by atoms with Gasteiger partial charge in [-0.25, -0.2) is 0 Å². The van der Waals surface area contributed by atoms with Gasteiger partial charge in [0.15, 0.2) is 0 Å². The Balaban J connectivity index is 3.11. The molecule has 0 nitrogen and oxygen atoms in total. The third-order valence-corrected chi connectivity index (χ3v) is 3.23. The van der Waals surface area contributed by atoms with E-state index in [2.05, 4.69) is 27.4 Å². The van der Waals surface area contributed by atoms with E-state index in [1.54, 1.807) is 0 Å². The molecule has 1 aromatic heterocycles. The van der Waals surface area contributed by atoms with Crippen LogP contribution in [0.2, 0.25) is 0 Å². The third kappa shape index (κ3) is 1.54. The van der Waals surface area contributed by atoms with Crippen LogP contribution in [0, 0.1) is 20.8 Å². The Labute approximate surface area is 72.6 Å². The highest BCUT2D eigenvalue weighted by atomic mass is 32.1. The molecular formula is C10H14S. The Kier molecular flexibility index (Phi) is 2.50. The van der Waals surface area contributed by atoms with Gasteiger partial charge in [-0.05, 0) is 38.3 Å². The first-order chi connectivity index (χ1) is 5.16. The molecular weight excluding hydrogens is 152 g/mol. The SMILES string of the molecule is C=CCc1c(C)sc(C)c1C. The second kappa shape index (κ2) is 3.22. The number of aryl methyl sites for hydroxylation is 2. The first-order valence-electron chi connectivity index (χ1n) is 3.83. The number of rotatable bonds is 2. The average molecular weight is 166 g/mol. The molecule has 1 rings (SSSR count). The lowest BCUT2D eigenvalue weighted by Gasteiger charge is -1.96. The molecule has 0 atom stereocenters. The molecule has 0 fully saturated rings. The van der Waals surface area contributed by atoms with Crippen molar-refractivity contribution in [3.8, 4) is 0 Å². The van der Waals surface area contributed by atoms with Crippen LogP contribution in [0.3, 0.4) is 0 Å². The van der Waals surface area contributed by atoms with Crippen molar-refractivity contribution < 1.29 is 0 Å². The molecule has 11 heavy (non-hydrogen) atoms. The van der Waals surface area contributed by atoms with Crippen LogP contribution in [0.25, 0.3) is 0 Å². The van der Waals surface area contributed by atoms with Gasteiger partial charge in [-0.2, -0.15) is 0 Å². The molecule has 0 amide bonds. The maximum atomic E-state index is 3.75. The second-order valence-electron chi connectivity index (χ2n) is 2.81. The van der Waals surface area contributed by atoms with E-state index in [0.717, 1.165) is 6.42 Å². The van der Waals surface area contributed by atoms with E-state index in [4.69, 9.17) is 0 Å². The van der Waals surface area contributed by atoms with E-state index in [1.165, 1.54) is 20.9 Å². The van der Waals surface area contributed by atoms with Gasteiger partial charge in [-0.1, -0.05) is 6.08 Å². The molecule has 1 heterocycles. The molecule has 0 saturated carbocycles. The third-order valence-electron chi connectivity index (χ3n) is 2.06. The monoisotopic (exact) mass is 166 g/mol. The van der Waals surface area contributed by atoms with Gasteiger partial charge in [-0.3, -0.25) is 0 Å². The molecule has 0 aliphatic carbocycles. The van der Waals surface area contributed by atoms with Gasteiger partial charge in [-0.15, -0.1) is 17.9 Å². The summed E-state index contributed by atoms with van der Waals surface area (Å²) in [6.07, 6.45) is 2.99. The first-order valence-corrected chi connectivity index (χ1v) is 4.64. The lowest BCUT2D eigenvalue weighted by Crippen LogP contribution is -1.83. The molecule has 0 N–H and O–H groups in total. The van der Waals surface area contributed by atoms with Crippen LogP contribution < -0.4 is 0 Å². The fraction of sp³-hybridized carbons (Fsp3) is 0.400. The van der Waals surface area contributed by atoms with Crippen LogP contribution in [0.5, 0.6) is 0 Å².